The normalized spacial score (nSPS) is 15.9. The summed E-state index contributed by atoms with van der Waals surface area (Å²) in [6.07, 6.45) is 12.0. The lowest BCUT2D eigenvalue weighted by atomic mass is 9.87. The van der Waals surface area contributed by atoms with E-state index in [4.69, 9.17) is 0 Å². The van der Waals surface area contributed by atoms with E-state index < -0.39 is 5.60 Å². The van der Waals surface area contributed by atoms with Crippen LogP contribution in [0.2, 0.25) is 0 Å². The quantitative estimate of drug-likeness (QED) is 0.469. The molecule has 0 saturated heterocycles. The van der Waals surface area contributed by atoms with Crippen LogP contribution in [0.3, 0.4) is 0 Å². The van der Waals surface area contributed by atoms with E-state index in [-0.39, 0.29) is 0 Å². The second-order valence-corrected chi connectivity index (χ2v) is 5.18. The number of aliphatic hydroxyl groups is 1. The van der Waals surface area contributed by atoms with Crippen LogP contribution < -0.4 is 0 Å². The zero-order chi connectivity index (χ0) is 17.2. The minimum atomic E-state index is -1.02. The standard InChI is InChI=1S/C19H29NO2/c1-7-11-17(8-2)18(9-3)13-12-16(5)19(21,10-4)14-15-20(6)22/h7-9,11-13,21-22H,1-2,5,10,14-15H2,3-4,6H3/b13-12-,17-11+,18-9+. The van der Waals surface area contributed by atoms with E-state index >= 15 is 0 Å². The minimum Gasteiger partial charge on any atom is -0.385 e. The number of allylic oxidation sites excluding steroid dienone is 7. The Bertz CT molecular complexity index is 484. The van der Waals surface area contributed by atoms with Gasteiger partial charge in [-0.3, -0.25) is 0 Å². The smallest absolute Gasteiger partial charge is 0.0901 e. The molecule has 2 N–H and O–H groups in total. The minimum absolute atomic E-state index is 0.377. The molecule has 0 bridgehead atoms. The molecule has 0 aromatic heterocycles. The van der Waals surface area contributed by atoms with Crippen LogP contribution in [0, 0.1) is 0 Å². The van der Waals surface area contributed by atoms with Crippen LogP contribution in [-0.2, 0) is 0 Å². The molecule has 0 rings (SSSR count). The summed E-state index contributed by atoms with van der Waals surface area (Å²) in [7, 11) is 1.56. The maximum absolute atomic E-state index is 10.7. The first-order chi connectivity index (χ1) is 10.3. The van der Waals surface area contributed by atoms with Gasteiger partial charge in [0.15, 0.2) is 0 Å². The molecule has 1 atom stereocenters. The summed E-state index contributed by atoms with van der Waals surface area (Å²) < 4.78 is 0. The molecule has 0 spiro atoms. The Hall–Kier alpha value is -1.68. The van der Waals surface area contributed by atoms with Crippen molar-refractivity contribution in [3.8, 4) is 0 Å². The third-order valence-corrected chi connectivity index (χ3v) is 3.66. The van der Waals surface area contributed by atoms with Gasteiger partial charge in [-0.2, -0.15) is 5.06 Å². The lowest BCUT2D eigenvalue weighted by Gasteiger charge is -2.28. The van der Waals surface area contributed by atoms with Gasteiger partial charge in [-0.15, -0.1) is 0 Å². The Morgan fingerprint density at radius 3 is 2.27 bits per heavy atom. The second kappa shape index (κ2) is 10.1. The molecule has 0 aromatic carbocycles. The highest BCUT2D eigenvalue weighted by molar-refractivity contribution is 5.48. The maximum Gasteiger partial charge on any atom is 0.0901 e. The van der Waals surface area contributed by atoms with Crippen LogP contribution >= 0.6 is 0 Å². The van der Waals surface area contributed by atoms with E-state index in [2.05, 4.69) is 19.7 Å². The third-order valence-electron chi connectivity index (χ3n) is 3.66. The molecule has 0 heterocycles. The fraction of sp³-hybridized carbons (Fsp3) is 0.368. The van der Waals surface area contributed by atoms with Gasteiger partial charge >= 0.3 is 0 Å². The Morgan fingerprint density at radius 2 is 1.86 bits per heavy atom. The van der Waals surface area contributed by atoms with Gasteiger partial charge < -0.3 is 10.3 Å². The molecule has 0 saturated carbocycles. The molecular weight excluding hydrogens is 274 g/mol. The highest BCUT2D eigenvalue weighted by Crippen LogP contribution is 2.26. The van der Waals surface area contributed by atoms with Gasteiger partial charge in [0.25, 0.3) is 0 Å². The molecule has 3 nitrogen and oxygen atoms in total. The van der Waals surface area contributed by atoms with Crippen LogP contribution in [0.1, 0.15) is 26.7 Å². The van der Waals surface area contributed by atoms with Crippen LogP contribution in [0.15, 0.2) is 72.9 Å². The molecule has 0 aliphatic carbocycles. The van der Waals surface area contributed by atoms with E-state index in [1.807, 2.05) is 38.2 Å². The fourth-order valence-corrected chi connectivity index (χ4v) is 2.02. The predicted molar refractivity (Wildman–Crippen MR) is 94.8 cm³/mol. The lowest BCUT2D eigenvalue weighted by Crippen LogP contribution is -2.33. The number of hydrogen-bond donors (Lipinski definition) is 2. The van der Waals surface area contributed by atoms with Crippen LogP contribution in [0.5, 0.6) is 0 Å². The van der Waals surface area contributed by atoms with Crippen LogP contribution in [0.25, 0.3) is 0 Å². The Kier molecular flexibility index (Phi) is 9.34. The molecule has 0 aliphatic heterocycles. The van der Waals surface area contributed by atoms with Gasteiger partial charge in [0.2, 0.25) is 0 Å². The van der Waals surface area contributed by atoms with Gasteiger partial charge in [0, 0.05) is 13.6 Å². The Labute approximate surface area is 134 Å². The van der Waals surface area contributed by atoms with Crippen LogP contribution in [0.4, 0.5) is 0 Å². The number of rotatable bonds is 10. The molecular formula is C19H29NO2. The first kappa shape index (κ1) is 20.3. The number of hydrogen-bond acceptors (Lipinski definition) is 3. The first-order valence-corrected chi connectivity index (χ1v) is 7.46. The van der Waals surface area contributed by atoms with Crippen molar-refractivity contribution in [1.29, 1.82) is 0 Å². The molecule has 0 radical (unpaired) electrons. The second-order valence-electron chi connectivity index (χ2n) is 5.18. The van der Waals surface area contributed by atoms with E-state index in [0.29, 0.717) is 25.0 Å². The lowest BCUT2D eigenvalue weighted by molar-refractivity contribution is -0.0797. The summed E-state index contributed by atoms with van der Waals surface area (Å²) in [5.41, 5.74) is 1.53. The number of nitrogens with zero attached hydrogens (tertiary/aromatic N) is 1. The summed E-state index contributed by atoms with van der Waals surface area (Å²) >= 11 is 0. The van der Waals surface area contributed by atoms with E-state index in [1.54, 1.807) is 19.2 Å². The Balaban J connectivity index is 5.17. The van der Waals surface area contributed by atoms with Crippen molar-refractivity contribution in [3.63, 3.8) is 0 Å². The molecule has 22 heavy (non-hydrogen) atoms. The summed E-state index contributed by atoms with van der Waals surface area (Å²) in [6, 6.07) is 0. The first-order valence-electron chi connectivity index (χ1n) is 7.46. The van der Waals surface area contributed by atoms with Crippen molar-refractivity contribution in [3.05, 3.63) is 72.9 Å². The largest absolute Gasteiger partial charge is 0.385 e. The third kappa shape index (κ3) is 6.39. The van der Waals surface area contributed by atoms with Gasteiger partial charge in [0.1, 0.15) is 0 Å². The van der Waals surface area contributed by atoms with Crippen molar-refractivity contribution in [2.75, 3.05) is 13.6 Å². The van der Waals surface area contributed by atoms with Gasteiger partial charge in [-0.1, -0.05) is 63.1 Å². The SMILES string of the molecule is C=C/C=C(C=C)/C(/C=C\C(=C)C(O)(CC)CCN(C)O)=C/C. The van der Waals surface area contributed by atoms with Crippen LogP contribution in [-0.4, -0.2) is 34.6 Å². The Morgan fingerprint density at radius 1 is 1.23 bits per heavy atom. The highest BCUT2D eigenvalue weighted by Gasteiger charge is 2.26. The van der Waals surface area contributed by atoms with Crippen molar-refractivity contribution in [2.24, 2.45) is 0 Å². The topological polar surface area (TPSA) is 43.7 Å². The molecule has 0 fully saturated rings. The number of hydroxylamine groups is 2. The van der Waals surface area contributed by atoms with Gasteiger partial charge in [-0.25, -0.2) is 0 Å². The van der Waals surface area contributed by atoms with Crippen molar-refractivity contribution in [1.82, 2.24) is 5.06 Å². The molecule has 122 valence electrons. The molecule has 0 aromatic rings. The maximum atomic E-state index is 10.7. The van der Waals surface area contributed by atoms with Crippen molar-refractivity contribution >= 4 is 0 Å². The van der Waals surface area contributed by atoms with E-state index in [9.17, 15) is 10.3 Å². The van der Waals surface area contributed by atoms with Gasteiger partial charge in [0.05, 0.1) is 5.60 Å². The average Bonchev–Trinajstić information content (AvgIpc) is 2.51. The summed E-state index contributed by atoms with van der Waals surface area (Å²) in [5.74, 6) is 0. The average molecular weight is 303 g/mol. The molecule has 0 aliphatic rings. The molecule has 3 heteroatoms. The monoisotopic (exact) mass is 303 g/mol. The zero-order valence-electron chi connectivity index (χ0n) is 14.0. The zero-order valence-corrected chi connectivity index (χ0v) is 14.0. The fourth-order valence-electron chi connectivity index (χ4n) is 2.02. The van der Waals surface area contributed by atoms with Crippen molar-refractivity contribution < 1.29 is 10.3 Å². The summed E-state index contributed by atoms with van der Waals surface area (Å²) in [6.45, 7) is 15.7. The predicted octanol–water partition coefficient (Wildman–Crippen LogP) is 4.20. The van der Waals surface area contributed by atoms with E-state index in [1.165, 1.54) is 0 Å². The van der Waals surface area contributed by atoms with Gasteiger partial charge in [-0.05, 0) is 36.5 Å². The summed E-state index contributed by atoms with van der Waals surface area (Å²) in [4.78, 5) is 0. The summed E-state index contributed by atoms with van der Waals surface area (Å²) in [5, 5.41) is 21.0. The highest BCUT2D eigenvalue weighted by atomic mass is 16.5. The van der Waals surface area contributed by atoms with E-state index in [0.717, 1.165) is 16.2 Å². The molecule has 0 amide bonds. The van der Waals surface area contributed by atoms with Crippen molar-refractivity contribution in [2.45, 2.75) is 32.3 Å². The molecule has 1 unspecified atom stereocenters.